The summed E-state index contributed by atoms with van der Waals surface area (Å²) in [6, 6.07) is 5.25. The van der Waals surface area contributed by atoms with Gasteiger partial charge >= 0.3 is 0 Å². The van der Waals surface area contributed by atoms with Crippen LogP contribution in [-0.4, -0.2) is 9.78 Å². The van der Waals surface area contributed by atoms with Gasteiger partial charge in [-0.3, -0.25) is 4.68 Å². The van der Waals surface area contributed by atoms with E-state index in [1.54, 1.807) is 12.3 Å². The molecule has 0 atom stereocenters. The van der Waals surface area contributed by atoms with E-state index in [4.69, 9.17) is 0 Å². The van der Waals surface area contributed by atoms with Gasteiger partial charge in [0.05, 0.1) is 5.69 Å². The molecule has 0 spiro atoms. The Morgan fingerprint density at radius 3 is 2.87 bits per heavy atom. The van der Waals surface area contributed by atoms with Crippen molar-refractivity contribution in [3.05, 3.63) is 40.1 Å². The Kier molecular flexibility index (Phi) is 3.13. The first-order valence-electron chi connectivity index (χ1n) is 4.67. The first-order chi connectivity index (χ1) is 7.25. The lowest BCUT2D eigenvalue weighted by Crippen LogP contribution is -2.14. The molecule has 0 aliphatic rings. The molecule has 2 aromatic rings. The molecule has 0 radical (unpaired) electrons. The minimum Gasteiger partial charge on any atom is -0.306 e. The second-order valence-electron chi connectivity index (χ2n) is 3.26. The Hall–Kier alpha value is -1.20. The number of aromatic nitrogens is 2. The average Bonchev–Trinajstić information content (AvgIpc) is 2.77. The molecule has 0 aliphatic carbocycles. The van der Waals surface area contributed by atoms with Gasteiger partial charge in [0.2, 0.25) is 0 Å². The smallest absolute Gasteiger partial charge is 0.176 e. The Morgan fingerprint density at radius 1 is 1.40 bits per heavy atom. The van der Waals surface area contributed by atoms with Crippen LogP contribution < -0.4 is 5.32 Å². The Labute approximate surface area is 91.5 Å². The highest BCUT2D eigenvalue weighted by Crippen LogP contribution is 2.13. The highest BCUT2D eigenvalue weighted by Gasteiger charge is 2.00. The predicted molar refractivity (Wildman–Crippen MR) is 58.0 cm³/mol. The van der Waals surface area contributed by atoms with Gasteiger partial charge in [-0.2, -0.15) is 9.49 Å². The monoisotopic (exact) mass is 225 g/mol. The lowest BCUT2D eigenvalue weighted by Gasteiger charge is -2.03. The van der Waals surface area contributed by atoms with Crippen molar-refractivity contribution < 1.29 is 4.39 Å². The fourth-order valence-corrected chi connectivity index (χ4v) is 2.03. The van der Waals surface area contributed by atoms with Crippen LogP contribution in [0.15, 0.2) is 24.4 Å². The highest BCUT2D eigenvalue weighted by molar-refractivity contribution is 7.10. The largest absolute Gasteiger partial charge is 0.306 e. The maximum atomic E-state index is 12.7. The van der Waals surface area contributed by atoms with Crippen LogP contribution in [-0.2, 0) is 20.1 Å². The van der Waals surface area contributed by atoms with Gasteiger partial charge in [-0.15, -0.1) is 11.3 Å². The van der Waals surface area contributed by atoms with E-state index in [0.717, 1.165) is 17.1 Å². The third kappa shape index (κ3) is 2.64. The van der Waals surface area contributed by atoms with Crippen LogP contribution in [0.5, 0.6) is 0 Å². The number of hydrogen-bond donors (Lipinski definition) is 1. The molecule has 1 N–H and O–H groups in total. The number of rotatable bonds is 4. The van der Waals surface area contributed by atoms with E-state index < -0.39 is 0 Å². The van der Waals surface area contributed by atoms with Gasteiger partial charge in [-0.1, -0.05) is 0 Å². The van der Waals surface area contributed by atoms with Crippen molar-refractivity contribution in [1.82, 2.24) is 15.1 Å². The number of thiophene rings is 1. The molecule has 3 nitrogen and oxygen atoms in total. The molecule has 0 aromatic carbocycles. The first kappa shape index (κ1) is 10.3. The van der Waals surface area contributed by atoms with Crippen LogP contribution in [0.1, 0.15) is 10.6 Å². The SMILES string of the molecule is Cn1nccc1CNCc1ccc(F)s1. The van der Waals surface area contributed by atoms with Crippen molar-refractivity contribution in [3.63, 3.8) is 0 Å². The van der Waals surface area contributed by atoms with Crippen molar-refractivity contribution in [1.29, 1.82) is 0 Å². The summed E-state index contributed by atoms with van der Waals surface area (Å²) in [5.41, 5.74) is 1.12. The molecule has 0 unspecified atom stereocenters. The van der Waals surface area contributed by atoms with Gasteiger partial charge in [-0.25, -0.2) is 0 Å². The summed E-state index contributed by atoms with van der Waals surface area (Å²) in [5, 5.41) is 7.17. The summed E-state index contributed by atoms with van der Waals surface area (Å²) in [6.45, 7) is 1.44. The quantitative estimate of drug-likeness (QED) is 0.861. The molecule has 2 heterocycles. The van der Waals surface area contributed by atoms with Crippen molar-refractivity contribution >= 4 is 11.3 Å². The number of aryl methyl sites for hydroxylation is 1. The normalized spacial score (nSPS) is 10.8. The third-order valence-corrected chi connectivity index (χ3v) is 3.03. The van der Waals surface area contributed by atoms with E-state index in [0.29, 0.717) is 6.54 Å². The molecule has 0 saturated carbocycles. The van der Waals surface area contributed by atoms with E-state index in [9.17, 15) is 4.39 Å². The maximum Gasteiger partial charge on any atom is 0.176 e. The summed E-state index contributed by atoms with van der Waals surface area (Å²) in [4.78, 5) is 1.01. The van der Waals surface area contributed by atoms with Crippen molar-refractivity contribution in [2.45, 2.75) is 13.1 Å². The summed E-state index contributed by atoms with van der Waals surface area (Å²) in [6.07, 6.45) is 1.77. The van der Waals surface area contributed by atoms with Gasteiger partial charge in [0.15, 0.2) is 5.13 Å². The van der Waals surface area contributed by atoms with Crippen LogP contribution >= 0.6 is 11.3 Å². The Morgan fingerprint density at radius 2 is 2.27 bits per heavy atom. The molecule has 15 heavy (non-hydrogen) atoms. The van der Waals surface area contributed by atoms with Crippen LogP contribution in [0.3, 0.4) is 0 Å². The van der Waals surface area contributed by atoms with E-state index in [-0.39, 0.29) is 5.13 Å². The lowest BCUT2D eigenvalue weighted by molar-refractivity contribution is 0.629. The zero-order valence-electron chi connectivity index (χ0n) is 8.40. The topological polar surface area (TPSA) is 29.9 Å². The maximum absolute atomic E-state index is 12.7. The zero-order valence-corrected chi connectivity index (χ0v) is 9.22. The van der Waals surface area contributed by atoms with Crippen molar-refractivity contribution in [3.8, 4) is 0 Å². The molecule has 0 aliphatic heterocycles. The fourth-order valence-electron chi connectivity index (χ4n) is 1.34. The van der Waals surface area contributed by atoms with Gasteiger partial charge < -0.3 is 5.32 Å². The molecule has 0 amide bonds. The van der Waals surface area contributed by atoms with Crippen molar-refractivity contribution in [2.24, 2.45) is 7.05 Å². The van der Waals surface area contributed by atoms with E-state index in [1.807, 2.05) is 17.8 Å². The van der Waals surface area contributed by atoms with Crippen LogP contribution in [0, 0.1) is 5.13 Å². The molecule has 2 rings (SSSR count). The number of nitrogens with zero attached hydrogens (tertiary/aromatic N) is 2. The van der Waals surface area contributed by atoms with Crippen LogP contribution in [0.25, 0.3) is 0 Å². The lowest BCUT2D eigenvalue weighted by atomic mass is 10.4. The molecular weight excluding hydrogens is 213 g/mol. The zero-order chi connectivity index (χ0) is 10.7. The average molecular weight is 225 g/mol. The molecule has 0 saturated heterocycles. The summed E-state index contributed by atoms with van der Waals surface area (Å²) >= 11 is 1.18. The second-order valence-corrected chi connectivity index (χ2v) is 4.37. The first-order valence-corrected chi connectivity index (χ1v) is 5.49. The summed E-state index contributed by atoms with van der Waals surface area (Å²) in [7, 11) is 1.90. The minimum absolute atomic E-state index is 0.132. The summed E-state index contributed by atoms with van der Waals surface area (Å²) < 4.78 is 14.5. The van der Waals surface area contributed by atoms with E-state index >= 15 is 0 Å². The van der Waals surface area contributed by atoms with Crippen molar-refractivity contribution in [2.75, 3.05) is 0 Å². The number of halogens is 1. The number of hydrogen-bond acceptors (Lipinski definition) is 3. The fraction of sp³-hybridized carbons (Fsp3) is 0.300. The van der Waals surface area contributed by atoms with Gasteiger partial charge in [0.1, 0.15) is 0 Å². The second kappa shape index (κ2) is 4.55. The minimum atomic E-state index is -0.132. The molecule has 5 heteroatoms. The summed E-state index contributed by atoms with van der Waals surface area (Å²) in [5.74, 6) is 0. The molecule has 0 bridgehead atoms. The van der Waals surface area contributed by atoms with Gasteiger partial charge in [-0.05, 0) is 18.2 Å². The van der Waals surface area contributed by atoms with E-state index in [1.165, 1.54) is 17.4 Å². The highest BCUT2D eigenvalue weighted by atomic mass is 32.1. The molecule has 0 fully saturated rings. The van der Waals surface area contributed by atoms with Crippen LogP contribution in [0.2, 0.25) is 0 Å². The Bertz CT molecular complexity index is 435. The predicted octanol–water partition coefficient (Wildman–Crippen LogP) is 1.91. The number of nitrogens with one attached hydrogen (secondary N) is 1. The molecule has 80 valence electrons. The third-order valence-electron chi connectivity index (χ3n) is 2.16. The van der Waals surface area contributed by atoms with Gasteiger partial charge in [0.25, 0.3) is 0 Å². The standard InChI is InChI=1S/C10H12FN3S/c1-14-8(4-5-13-14)6-12-7-9-2-3-10(11)15-9/h2-5,12H,6-7H2,1H3. The van der Waals surface area contributed by atoms with Gasteiger partial charge in [0, 0.05) is 31.2 Å². The molecule has 2 aromatic heterocycles. The van der Waals surface area contributed by atoms with E-state index in [2.05, 4.69) is 10.4 Å². The Balaban J connectivity index is 1.83. The molecular formula is C10H12FN3S. The van der Waals surface area contributed by atoms with Crippen LogP contribution in [0.4, 0.5) is 4.39 Å².